The first kappa shape index (κ1) is 60.6. The van der Waals surface area contributed by atoms with Gasteiger partial charge in [0.15, 0.2) is 12.6 Å². The zero-order chi connectivity index (χ0) is 55.6. The number of ether oxygens (including phenoxy) is 7. The van der Waals surface area contributed by atoms with Gasteiger partial charge in [-0.15, -0.1) is 5.10 Å². The van der Waals surface area contributed by atoms with Crippen LogP contribution in [0.25, 0.3) is 0 Å². The second-order valence-electron chi connectivity index (χ2n) is 23.0. The molecule has 0 spiro atoms. The number of amides is 1. The van der Waals surface area contributed by atoms with Gasteiger partial charge >= 0.3 is 12.1 Å². The number of cyclic esters (lactones) is 2. The summed E-state index contributed by atoms with van der Waals surface area (Å²) in [6, 6.07) is 3.54. The maximum Gasteiger partial charge on any atom is 0.414 e. The largest absolute Gasteiger partial charge is 0.459 e. The Bertz CT molecular complexity index is 2210. The number of anilines is 2. The maximum absolute atomic E-state index is 14.8. The third-order valence-electron chi connectivity index (χ3n) is 16.4. The summed E-state index contributed by atoms with van der Waals surface area (Å²) in [5.41, 5.74) is -3.13. The van der Waals surface area contributed by atoms with Crippen molar-refractivity contribution < 1.29 is 72.7 Å². The summed E-state index contributed by atoms with van der Waals surface area (Å²) in [4.78, 5) is 34.3. The molecule has 75 heavy (non-hydrogen) atoms. The average molecular weight is 1070 g/mol. The van der Waals surface area contributed by atoms with Gasteiger partial charge in [0, 0.05) is 71.3 Å². The Morgan fingerprint density at radius 1 is 0.933 bits per heavy atom. The molecule has 0 aliphatic carbocycles. The molecule has 426 valence electrons. The highest BCUT2D eigenvalue weighted by atomic mass is 19.1. The summed E-state index contributed by atoms with van der Waals surface area (Å²) in [6.07, 6.45) is -8.35. The van der Waals surface area contributed by atoms with Crippen LogP contribution in [-0.2, 0) is 50.9 Å². The van der Waals surface area contributed by atoms with Crippen LogP contribution < -0.4 is 9.80 Å². The number of aliphatic hydroxyl groups excluding tert-OH is 3. The van der Waals surface area contributed by atoms with E-state index in [2.05, 4.69) is 10.3 Å². The molecule has 2 aromatic rings. The van der Waals surface area contributed by atoms with Crippen LogP contribution in [0.1, 0.15) is 101 Å². The van der Waals surface area contributed by atoms with E-state index in [1.54, 1.807) is 90.5 Å². The summed E-state index contributed by atoms with van der Waals surface area (Å²) in [5, 5.41) is 68.4. The van der Waals surface area contributed by atoms with Gasteiger partial charge in [-0.25, -0.2) is 13.9 Å². The van der Waals surface area contributed by atoms with Gasteiger partial charge in [0.1, 0.15) is 41.9 Å². The fourth-order valence-corrected chi connectivity index (χ4v) is 11.7. The molecular weight excluding hydrogens is 978 g/mol. The summed E-state index contributed by atoms with van der Waals surface area (Å²) < 4.78 is 60.3. The third kappa shape index (κ3) is 13.8. The van der Waals surface area contributed by atoms with Crippen LogP contribution >= 0.6 is 0 Å². The zero-order valence-electron chi connectivity index (χ0n) is 46.8. The number of aliphatic hydroxyl groups is 5. The van der Waals surface area contributed by atoms with Crippen molar-refractivity contribution in [1.82, 2.24) is 24.8 Å². The predicted molar refractivity (Wildman–Crippen MR) is 275 cm³/mol. The van der Waals surface area contributed by atoms with Gasteiger partial charge in [0.05, 0.1) is 71.7 Å². The molecule has 4 saturated heterocycles. The first-order chi connectivity index (χ1) is 35.0. The molecule has 0 saturated carbocycles. The molecule has 21 nitrogen and oxygen atoms in total. The topological polar surface area (TPSA) is 244 Å². The Labute approximate surface area is 442 Å². The molecule has 5 N–H and O–H groups in total. The highest BCUT2D eigenvalue weighted by Gasteiger charge is 2.53. The van der Waals surface area contributed by atoms with Crippen LogP contribution in [0.2, 0.25) is 0 Å². The number of methoxy groups -OCH3 is 1. The number of carbonyl (C=O) groups is 2. The molecule has 1 aromatic heterocycles. The quantitative estimate of drug-likeness (QED) is 0.170. The van der Waals surface area contributed by atoms with Crippen LogP contribution in [0.4, 0.5) is 20.6 Å². The third-order valence-corrected chi connectivity index (χ3v) is 16.4. The van der Waals surface area contributed by atoms with Gasteiger partial charge in [-0.1, -0.05) is 26.0 Å². The van der Waals surface area contributed by atoms with E-state index in [-0.39, 0.29) is 38.3 Å². The molecule has 6 rings (SSSR count). The molecule has 4 aliphatic rings. The summed E-state index contributed by atoms with van der Waals surface area (Å²) in [7, 11) is 8.69. The number of halogens is 1. The van der Waals surface area contributed by atoms with Crippen molar-refractivity contribution in [2.75, 3.05) is 64.7 Å². The molecule has 1 amide bonds. The number of hydrogen-bond acceptors (Lipinski definition) is 19. The number of carbonyl (C=O) groups excluding carboxylic acids is 2. The van der Waals surface area contributed by atoms with E-state index in [9.17, 15) is 39.5 Å². The Morgan fingerprint density at radius 2 is 1.63 bits per heavy atom. The highest BCUT2D eigenvalue weighted by molar-refractivity contribution is 5.90. The first-order valence-electron chi connectivity index (χ1n) is 26.6. The van der Waals surface area contributed by atoms with Gasteiger partial charge in [0.2, 0.25) is 0 Å². The number of esters is 1. The molecule has 1 unspecified atom stereocenters. The first-order valence-corrected chi connectivity index (χ1v) is 26.6. The molecule has 4 fully saturated rings. The van der Waals surface area contributed by atoms with Crippen molar-refractivity contribution in [3.63, 3.8) is 0 Å². The minimum atomic E-state index is -1.85. The van der Waals surface area contributed by atoms with Gasteiger partial charge < -0.3 is 73.4 Å². The SMILES string of the molecule is CC[C@H]1OC(=O)[C@H](C)[C@@H](O[C@H]2C[C@@](C)(OC)[C@@H](O)[C@H](C)O2)[C@H](C)[C@@H](O[C@@H]2O[C@H](C)C[C@H](N(C)CCc3cn(CC4CN(c5ccc(N(C)C)c(F)c5)C(=O)O4)nn3)[C@H]2O)[C@](C)(O)C[C@@H](C)CN(C)[C@H](C)[C@@H](O)[C@]1(C)O. The van der Waals surface area contributed by atoms with Crippen LogP contribution in [0.3, 0.4) is 0 Å². The van der Waals surface area contributed by atoms with E-state index < -0.39 is 126 Å². The Morgan fingerprint density at radius 3 is 2.27 bits per heavy atom. The molecule has 5 heterocycles. The van der Waals surface area contributed by atoms with Crippen molar-refractivity contribution in [3.05, 3.63) is 35.9 Å². The number of nitrogens with zero attached hydrogens (tertiary/aromatic N) is 7. The van der Waals surface area contributed by atoms with Gasteiger partial charge in [0.25, 0.3) is 0 Å². The van der Waals surface area contributed by atoms with E-state index in [0.717, 1.165) is 0 Å². The van der Waals surface area contributed by atoms with Crippen molar-refractivity contribution in [3.8, 4) is 0 Å². The minimum absolute atomic E-state index is 0.0823. The summed E-state index contributed by atoms with van der Waals surface area (Å²) in [5.74, 6) is -3.33. The van der Waals surface area contributed by atoms with Gasteiger partial charge in [-0.2, -0.15) is 0 Å². The standard InChI is InChI=1S/C53H88FN7O14/c1-16-41-53(10,68)45(63)33(6)59(14)25-29(2)23-51(8,67)47(31(4)44(32(5)48(65)73-41)74-42-24-52(9,69-15)46(64)34(7)71-42)75-49-43(62)40(21-30(3)70-49)58(13)20-19-35-26-60(56-55-35)27-37-28-61(50(66)72-37)36-17-18-39(57(11)12)38(54)22-36/h17-18,22,26,29-34,37,40-47,49,62-64,67-68H,16,19-21,23-25,27-28H2,1-15H3/t29-,30-,31+,32-,33-,34+,37?,40+,41-,42+,43-,44+,45-,46+,47-,49+,51-,52-,53-/m1/s1. The maximum atomic E-state index is 14.8. The normalized spacial score (nSPS) is 40.0. The smallest absolute Gasteiger partial charge is 0.414 e. The average Bonchev–Trinajstić information content (AvgIpc) is 3.96. The zero-order valence-corrected chi connectivity index (χ0v) is 46.8. The highest BCUT2D eigenvalue weighted by Crippen LogP contribution is 2.40. The monoisotopic (exact) mass is 1070 g/mol. The van der Waals surface area contributed by atoms with Crippen LogP contribution in [0, 0.1) is 23.6 Å². The Balaban J connectivity index is 1.22. The van der Waals surface area contributed by atoms with E-state index in [4.69, 9.17) is 33.2 Å². The van der Waals surface area contributed by atoms with E-state index in [0.29, 0.717) is 43.0 Å². The second kappa shape index (κ2) is 24.6. The lowest BCUT2D eigenvalue weighted by Crippen LogP contribution is -2.61. The fourth-order valence-electron chi connectivity index (χ4n) is 11.7. The predicted octanol–water partition coefficient (Wildman–Crippen LogP) is 3.34. The number of rotatable bonds is 14. The number of aromatic nitrogens is 3. The molecule has 19 atom stereocenters. The number of benzene rings is 1. The van der Waals surface area contributed by atoms with Gasteiger partial charge in [-0.3, -0.25) is 9.69 Å². The minimum Gasteiger partial charge on any atom is -0.459 e. The lowest BCUT2D eigenvalue weighted by Gasteiger charge is -2.49. The molecule has 1 aromatic carbocycles. The van der Waals surface area contributed by atoms with Crippen LogP contribution in [0.5, 0.6) is 0 Å². The van der Waals surface area contributed by atoms with Crippen molar-refractivity contribution >= 4 is 23.4 Å². The van der Waals surface area contributed by atoms with E-state index in [1.807, 2.05) is 37.7 Å². The molecular formula is C53H88FN7O14. The van der Waals surface area contributed by atoms with Crippen LogP contribution in [-0.4, -0.2) is 214 Å². The molecule has 22 heteroatoms. The molecule has 4 aliphatic heterocycles. The molecule has 0 bridgehead atoms. The van der Waals surface area contributed by atoms with Crippen molar-refractivity contribution in [2.45, 2.75) is 204 Å². The molecule has 0 radical (unpaired) electrons. The Kier molecular flexibility index (Phi) is 19.8. The summed E-state index contributed by atoms with van der Waals surface area (Å²) in [6.45, 7) is 18.7. The Hall–Kier alpha value is -3.65. The van der Waals surface area contributed by atoms with Crippen molar-refractivity contribution in [1.29, 1.82) is 0 Å². The van der Waals surface area contributed by atoms with E-state index in [1.165, 1.54) is 25.0 Å². The number of likely N-dealkylation sites (N-methyl/N-ethyl adjacent to an activating group) is 2. The number of hydrogen-bond donors (Lipinski definition) is 5. The van der Waals surface area contributed by atoms with Crippen LogP contribution in [0.15, 0.2) is 24.4 Å². The lowest BCUT2D eigenvalue weighted by molar-refractivity contribution is -0.318. The summed E-state index contributed by atoms with van der Waals surface area (Å²) >= 11 is 0. The van der Waals surface area contributed by atoms with Crippen molar-refractivity contribution in [2.24, 2.45) is 17.8 Å². The van der Waals surface area contributed by atoms with E-state index >= 15 is 0 Å². The van der Waals surface area contributed by atoms with Gasteiger partial charge in [-0.05, 0) is 106 Å². The fraction of sp³-hybridized carbons (Fsp3) is 0.811. The second-order valence-corrected chi connectivity index (χ2v) is 23.0. The lowest BCUT2D eigenvalue weighted by atomic mass is 9.77.